The third kappa shape index (κ3) is 4.95. The lowest BCUT2D eigenvalue weighted by molar-refractivity contribution is 1.28. The van der Waals surface area contributed by atoms with Gasteiger partial charge in [0.05, 0.1) is 11.4 Å². The highest BCUT2D eigenvalue weighted by Gasteiger charge is 2.22. The molecule has 0 N–H and O–H groups in total. The number of anilines is 3. The first-order chi connectivity index (χ1) is 23.8. The second kappa shape index (κ2) is 12.0. The Hall–Kier alpha value is -5.96. The van der Waals surface area contributed by atoms with Gasteiger partial charge >= 0.3 is 0 Å². The molecule has 0 aliphatic carbocycles. The molecule has 8 aromatic carbocycles. The van der Waals surface area contributed by atoms with Gasteiger partial charge in [-0.05, 0) is 75.5 Å². The van der Waals surface area contributed by atoms with Crippen LogP contribution in [0.3, 0.4) is 0 Å². The van der Waals surface area contributed by atoms with Gasteiger partial charge < -0.3 is 4.90 Å². The quantitative estimate of drug-likeness (QED) is 0.177. The van der Waals surface area contributed by atoms with Crippen LogP contribution in [-0.2, 0) is 0 Å². The van der Waals surface area contributed by atoms with Gasteiger partial charge in [0.2, 0.25) is 0 Å². The van der Waals surface area contributed by atoms with E-state index in [0.717, 1.165) is 17.1 Å². The summed E-state index contributed by atoms with van der Waals surface area (Å²) in [5.41, 5.74) is 10.6. The lowest BCUT2D eigenvalue weighted by Crippen LogP contribution is -2.12. The van der Waals surface area contributed by atoms with Crippen LogP contribution in [0.1, 0.15) is 0 Å². The first kappa shape index (κ1) is 28.3. The van der Waals surface area contributed by atoms with E-state index in [1.54, 1.807) is 0 Å². The van der Waals surface area contributed by atoms with E-state index in [4.69, 9.17) is 0 Å². The topological polar surface area (TPSA) is 3.24 Å². The van der Waals surface area contributed by atoms with Crippen molar-refractivity contribution in [3.05, 3.63) is 188 Å². The highest BCUT2D eigenvalue weighted by atomic mass is 32.1. The van der Waals surface area contributed by atoms with E-state index in [1.807, 2.05) is 11.3 Å². The highest BCUT2D eigenvalue weighted by Crippen LogP contribution is 2.47. The monoisotopic (exact) mass is 629 g/mol. The molecule has 1 heterocycles. The molecule has 9 rings (SSSR count). The maximum Gasteiger partial charge on any atom is 0.0540 e. The van der Waals surface area contributed by atoms with Crippen molar-refractivity contribution in [2.24, 2.45) is 0 Å². The third-order valence-corrected chi connectivity index (χ3v) is 10.4. The molecule has 1 aromatic heterocycles. The highest BCUT2D eigenvalue weighted by molar-refractivity contribution is 7.25. The molecule has 0 spiro atoms. The average Bonchev–Trinajstić information content (AvgIpc) is 3.55. The van der Waals surface area contributed by atoms with Crippen molar-refractivity contribution in [1.29, 1.82) is 0 Å². The van der Waals surface area contributed by atoms with Crippen LogP contribution in [0, 0.1) is 0 Å². The van der Waals surface area contributed by atoms with E-state index in [1.165, 1.54) is 64.3 Å². The molecule has 9 aromatic rings. The zero-order valence-electron chi connectivity index (χ0n) is 26.3. The molecule has 0 saturated heterocycles. The van der Waals surface area contributed by atoms with Crippen molar-refractivity contribution in [1.82, 2.24) is 0 Å². The Kier molecular flexibility index (Phi) is 7.07. The first-order valence-corrected chi connectivity index (χ1v) is 17.2. The van der Waals surface area contributed by atoms with Crippen LogP contribution < -0.4 is 4.90 Å². The van der Waals surface area contributed by atoms with Gasteiger partial charge in [0.1, 0.15) is 0 Å². The van der Waals surface area contributed by atoms with Crippen molar-refractivity contribution < 1.29 is 0 Å². The van der Waals surface area contributed by atoms with E-state index in [9.17, 15) is 0 Å². The van der Waals surface area contributed by atoms with Gasteiger partial charge in [-0.2, -0.15) is 0 Å². The molecule has 1 nitrogen and oxygen atoms in total. The van der Waals surface area contributed by atoms with E-state index >= 15 is 0 Å². The van der Waals surface area contributed by atoms with Gasteiger partial charge in [0, 0.05) is 37.0 Å². The molecule has 2 heteroatoms. The first-order valence-electron chi connectivity index (χ1n) is 16.4. The van der Waals surface area contributed by atoms with Crippen molar-refractivity contribution in [3.8, 4) is 33.4 Å². The summed E-state index contributed by atoms with van der Waals surface area (Å²) in [5, 5.41) is 5.13. The zero-order valence-corrected chi connectivity index (χ0v) is 27.1. The SMILES string of the molecule is c1ccc(-c2ccccc2N(c2ccc(-c3ccc4ccccc4c3)cc2)c2ccccc2-c2cccc3sc4ccccc4c23)cc1. The third-order valence-electron chi connectivity index (χ3n) is 9.28. The maximum atomic E-state index is 2.44. The maximum absolute atomic E-state index is 2.44. The predicted molar refractivity (Wildman–Crippen MR) is 208 cm³/mol. The molecule has 0 fully saturated rings. The van der Waals surface area contributed by atoms with Gasteiger partial charge in [0.15, 0.2) is 0 Å². The standard InChI is InChI=1S/C46H31NS/c1-2-14-34(15-3-1)38-17-6-9-21-42(38)47(37-29-27-33(28-30-37)36-26-25-32-13-4-5-16-35(32)31-36)43-22-10-7-18-39(43)40-20-12-24-45-46(40)41-19-8-11-23-44(41)48-45/h1-31H. The normalized spacial score (nSPS) is 11.3. The van der Waals surface area contributed by atoms with E-state index in [-0.39, 0.29) is 0 Å². The zero-order chi connectivity index (χ0) is 31.9. The second-order valence-corrected chi connectivity index (χ2v) is 13.2. The largest absolute Gasteiger partial charge is 0.309 e. The minimum atomic E-state index is 1.11. The molecule has 0 aliphatic rings. The summed E-state index contributed by atoms with van der Waals surface area (Å²) in [6.07, 6.45) is 0. The van der Waals surface area contributed by atoms with Crippen LogP contribution in [0.25, 0.3) is 64.3 Å². The van der Waals surface area contributed by atoms with Crippen molar-refractivity contribution in [3.63, 3.8) is 0 Å². The van der Waals surface area contributed by atoms with Crippen molar-refractivity contribution >= 4 is 59.3 Å². The molecule has 0 radical (unpaired) electrons. The summed E-state index contributed by atoms with van der Waals surface area (Å²) in [5.74, 6) is 0. The molecule has 0 amide bonds. The number of para-hydroxylation sites is 2. The summed E-state index contributed by atoms with van der Waals surface area (Å²) in [6.45, 7) is 0. The number of nitrogens with zero attached hydrogens (tertiary/aromatic N) is 1. The van der Waals surface area contributed by atoms with Crippen LogP contribution in [0.15, 0.2) is 188 Å². The Morgan fingerprint density at radius 3 is 1.79 bits per heavy atom. The summed E-state index contributed by atoms with van der Waals surface area (Å²) in [6, 6.07) is 68.2. The molecule has 226 valence electrons. The number of fused-ring (bicyclic) bond motifs is 4. The van der Waals surface area contributed by atoms with Crippen LogP contribution in [-0.4, -0.2) is 0 Å². The number of rotatable bonds is 6. The fourth-order valence-electron chi connectivity index (χ4n) is 7.01. The van der Waals surface area contributed by atoms with Crippen LogP contribution in [0.5, 0.6) is 0 Å². The van der Waals surface area contributed by atoms with Crippen LogP contribution in [0.2, 0.25) is 0 Å². The molecule has 0 unspecified atom stereocenters. The molecule has 0 bridgehead atoms. The Morgan fingerprint density at radius 2 is 0.958 bits per heavy atom. The minimum Gasteiger partial charge on any atom is -0.309 e. The molecule has 0 aliphatic heterocycles. The number of benzene rings is 8. The average molecular weight is 630 g/mol. The number of thiophene rings is 1. The van der Waals surface area contributed by atoms with Crippen molar-refractivity contribution in [2.45, 2.75) is 0 Å². The van der Waals surface area contributed by atoms with Crippen LogP contribution in [0.4, 0.5) is 17.1 Å². The fourth-order valence-corrected chi connectivity index (χ4v) is 8.14. The van der Waals surface area contributed by atoms with Crippen LogP contribution >= 0.6 is 11.3 Å². The Bertz CT molecular complexity index is 2560. The smallest absolute Gasteiger partial charge is 0.0540 e. The van der Waals surface area contributed by atoms with Gasteiger partial charge in [-0.15, -0.1) is 11.3 Å². The van der Waals surface area contributed by atoms with E-state index in [0.29, 0.717) is 0 Å². The fraction of sp³-hybridized carbons (Fsp3) is 0. The Morgan fingerprint density at radius 1 is 0.354 bits per heavy atom. The molecular formula is C46H31NS. The lowest BCUT2D eigenvalue weighted by atomic mass is 9.95. The minimum absolute atomic E-state index is 1.11. The predicted octanol–water partition coefficient (Wildman–Crippen LogP) is 13.7. The Balaban J connectivity index is 1.26. The van der Waals surface area contributed by atoms with E-state index < -0.39 is 0 Å². The Labute approximate surface area is 284 Å². The summed E-state index contributed by atoms with van der Waals surface area (Å²) in [4.78, 5) is 2.44. The van der Waals surface area contributed by atoms with Crippen molar-refractivity contribution in [2.75, 3.05) is 4.90 Å². The van der Waals surface area contributed by atoms with Gasteiger partial charge in [-0.3, -0.25) is 0 Å². The van der Waals surface area contributed by atoms with Gasteiger partial charge in [-0.25, -0.2) is 0 Å². The molecule has 48 heavy (non-hydrogen) atoms. The van der Waals surface area contributed by atoms with Gasteiger partial charge in [-0.1, -0.05) is 146 Å². The lowest BCUT2D eigenvalue weighted by Gasteiger charge is -2.30. The van der Waals surface area contributed by atoms with Gasteiger partial charge in [0.25, 0.3) is 0 Å². The summed E-state index contributed by atoms with van der Waals surface area (Å²) in [7, 11) is 0. The second-order valence-electron chi connectivity index (χ2n) is 12.1. The molecule has 0 atom stereocenters. The number of hydrogen-bond donors (Lipinski definition) is 0. The van der Waals surface area contributed by atoms with E-state index in [2.05, 4.69) is 193 Å². The molecular weight excluding hydrogens is 599 g/mol. The summed E-state index contributed by atoms with van der Waals surface area (Å²) >= 11 is 1.86. The summed E-state index contributed by atoms with van der Waals surface area (Å²) < 4.78 is 2.62. The molecule has 0 saturated carbocycles. The number of hydrogen-bond acceptors (Lipinski definition) is 2.